The Bertz CT molecular complexity index is 1480. The van der Waals surface area contributed by atoms with Gasteiger partial charge in [-0.2, -0.15) is 26.9 Å². The SMILES string of the molecule is Cc1ccc(S(=O)(=O)Nc2nc(=O)n3c4c(sc(SCCCCC(F)(F)C(F)(F)F)c2-3)C(=O)CCC4)cc1. The van der Waals surface area contributed by atoms with Crippen molar-refractivity contribution in [2.24, 2.45) is 0 Å². The lowest BCUT2D eigenvalue weighted by Gasteiger charge is -2.21. The van der Waals surface area contributed by atoms with Crippen LogP contribution in [0.25, 0.3) is 5.69 Å². The van der Waals surface area contributed by atoms with Crippen molar-refractivity contribution in [3.05, 3.63) is 50.9 Å². The van der Waals surface area contributed by atoms with Gasteiger partial charge in [0.1, 0.15) is 5.69 Å². The van der Waals surface area contributed by atoms with Gasteiger partial charge in [-0.15, -0.1) is 23.1 Å². The van der Waals surface area contributed by atoms with Gasteiger partial charge in [-0.05, 0) is 50.5 Å². The number of nitrogens with one attached hydrogen (secondary N) is 1. The molecule has 7 nitrogen and oxygen atoms in total. The van der Waals surface area contributed by atoms with Crippen molar-refractivity contribution < 1.29 is 35.2 Å². The lowest BCUT2D eigenvalue weighted by Crippen LogP contribution is -2.36. The van der Waals surface area contributed by atoms with E-state index in [4.69, 9.17) is 0 Å². The summed E-state index contributed by atoms with van der Waals surface area (Å²) in [4.78, 5) is 29.6. The smallest absolute Gasteiger partial charge is 0.293 e. The van der Waals surface area contributed by atoms with Crippen molar-refractivity contribution in [3.63, 3.8) is 0 Å². The molecule has 206 valence electrons. The predicted octanol–water partition coefficient (Wildman–Crippen LogP) is 5.82. The molecule has 4 rings (SSSR count). The van der Waals surface area contributed by atoms with Crippen LogP contribution in [0.2, 0.25) is 0 Å². The monoisotopic (exact) mass is 595 g/mol. The average Bonchev–Trinajstić information content (AvgIpc) is 3.14. The highest BCUT2D eigenvalue weighted by Gasteiger charge is 2.56. The fraction of sp³-hybridized carbons (Fsp3) is 0.435. The number of fused-ring (bicyclic) bond motifs is 3. The predicted molar refractivity (Wildman–Crippen MR) is 134 cm³/mol. The van der Waals surface area contributed by atoms with E-state index in [2.05, 4.69) is 9.71 Å². The molecule has 0 saturated carbocycles. The zero-order valence-corrected chi connectivity index (χ0v) is 22.4. The van der Waals surface area contributed by atoms with Crippen LogP contribution in [-0.2, 0) is 16.4 Å². The van der Waals surface area contributed by atoms with Gasteiger partial charge in [-0.1, -0.05) is 17.7 Å². The molecule has 0 fully saturated rings. The third-order valence-electron chi connectivity index (χ3n) is 5.93. The number of carbonyl (C=O) groups is 1. The number of aromatic nitrogens is 2. The number of anilines is 1. The molecule has 1 N–H and O–H groups in total. The van der Waals surface area contributed by atoms with Crippen LogP contribution in [0.4, 0.5) is 27.8 Å². The number of unbranched alkanes of at least 4 members (excludes halogenated alkanes) is 1. The molecule has 3 aliphatic rings. The number of Topliss-reactive ketones (excluding diaryl/α,β-unsaturated/α-hetero) is 1. The quantitative estimate of drug-likeness (QED) is 0.190. The molecule has 0 aromatic heterocycles. The highest BCUT2D eigenvalue weighted by molar-refractivity contribution is 8.01. The van der Waals surface area contributed by atoms with E-state index in [1.165, 1.54) is 16.7 Å². The number of hydrogen-bond donors (Lipinski definition) is 1. The van der Waals surface area contributed by atoms with Gasteiger partial charge in [0.05, 0.1) is 14.0 Å². The largest absolute Gasteiger partial charge is 0.453 e. The minimum Gasteiger partial charge on any atom is -0.293 e. The number of nitrogens with zero attached hydrogens (tertiary/aromatic N) is 2. The molecule has 0 spiro atoms. The lowest BCUT2D eigenvalue weighted by molar-refractivity contribution is -0.284. The van der Waals surface area contributed by atoms with Crippen LogP contribution in [0.5, 0.6) is 0 Å². The number of sulfonamides is 1. The van der Waals surface area contributed by atoms with Crippen molar-refractivity contribution in [1.29, 1.82) is 0 Å². The summed E-state index contributed by atoms with van der Waals surface area (Å²) in [5.74, 6) is -5.15. The minimum atomic E-state index is -5.63. The summed E-state index contributed by atoms with van der Waals surface area (Å²) in [6.45, 7) is 1.79. The maximum absolute atomic E-state index is 13.2. The summed E-state index contributed by atoms with van der Waals surface area (Å²) in [7, 11) is -4.14. The number of ketones is 1. The minimum absolute atomic E-state index is 0.0109. The summed E-state index contributed by atoms with van der Waals surface area (Å²) in [6.07, 6.45) is -6.26. The first-order valence-electron chi connectivity index (χ1n) is 11.5. The Balaban J connectivity index is 1.65. The van der Waals surface area contributed by atoms with Crippen LogP contribution in [0, 0.1) is 6.92 Å². The molecular weight excluding hydrogens is 573 g/mol. The molecular formula is C23H22F5N3O4S3. The Hall–Kier alpha value is -2.52. The Labute approximate surface area is 222 Å². The van der Waals surface area contributed by atoms with Crippen LogP contribution in [0.3, 0.4) is 0 Å². The Morgan fingerprint density at radius 1 is 1.08 bits per heavy atom. The maximum Gasteiger partial charge on any atom is 0.453 e. The summed E-state index contributed by atoms with van der Waals surface area (Å²) in [5.41, 5.74) is 0.582. The van der Waals surface area contributed by atoms with Gasteiger partial charge in [0, 0.05) is 18.5 Å². The van der Waals surface area contributed by atoms with Gasteiger partial charge in [0.25, 0.3) is 10.0 Å². The molecule has 0 radical (unpaired) electrons. The molecule has 0 unspecified atom stereocenters. The van der Waals surface area contributed by atoms with Gasteiger partial charge in [0.2, 0.25) is 0 Å². The molecule has 0 amide bonds. The summed E-state index contributed by atoms with van der Waals surface area (Å²) < 4.78 is 93.6. The average molecular weight is 596 g/mol. The number of thioether (sulfide) groups is 1. The first-order chi connectivity index (χ1) is 17.7. The van der Waals surface area contributed by atoms with Gasteiger partial charge in [0.15, 0.2) is 11.6 Å². The third-order valence-corrected chi connectivity index (χ3v) is 9.89. The highest BCUT2D eigenvalue weighted by atomic mass is 32.2. The number of imidazole rings is 1. The van der Waals surface area contributed by atoms with Gasteiger partial charge in [-0.25, -0.2) is 13.2 Å². The molecule has 2 heterocycles. The van der Waals surface area contributed by atoms with Crippen LogP contribution < -0.4 is 10.4 Å². The van der Waals surface area contributed by atoms with E-state index in [0.29, 0.717) is 27.6 Å². The molecule has 0 bridgehead atoms. The van der Waals surface area contributed by atoms with Crippen molar-refractivity contribution in [1.82, 2.24) is 9.55 Å². The second-order valence-corrected chi connectivity index (χ2v) is 12.9. The summed E-state index contributed by atoms with van der Waals surface area (Å²) in [6, 6.07) is 5.99. The zero-order chi connectivity index (χ0) is 27.9. The lowest BCUT2D eigenvalue weighted by atomic mass is 10.0. The number of alkyl halides is 5. The Morgan fingerprint density at radius 3 is 2.42 bits per heavy atom. The fourth-order valence-electron chi connectivity index (χ4n) is 3.94. The van der Waals surface area contributed by atoms with Crippen LogP contribution in [0.1, 0.15) is 53.0 Å². The molecule has 1 aromatic carbocycles. The van der Waals surface area contributed by atoms with E-state index >= 15 is 0 Å². The number of hydrogen-bond acceptors (Lipinski definition) is 7. The van der Waals surface area contributed by atoms with E-state index in [9.17, 15) is 40.0 Å². The van der Waals surface area contributed by atoms with Gasteiger partial charge in [-0.3, -0.25) is 14.1 Å². The van der Waals surface area contributed by atoms with Crippen molar-refractivity contribution >= 4 is 44.7 Å². The van der Waals surface area contributed by atoms with E-state index < -0.39 is 40.7 Å². The second kappa shape index (κ2) is 10.6. The summed E-state index contributed by atoms with van der Waals surface area (Å²) >= 11 is 2.07. The van der Waals surface area contributed by atoms with Crippen molar-refractivity contribution in [3.8, 4) is 5.69 Å². The van der Waals surface area contributed by atoms with E-state index in [1.807, 2.05) is 0 Å². The highest BCUT2D eigenvalue weighted by Crippen LogP contribution is 2.42. The topological polar surface area (TPSA) is 98.1 Å². The standard InChI is InChI=1S/C23H22F5N3O4S3/c1-13-7-9-14(10-8-13)38(34,35)30-19-17-20(36-12-3-2-11-22(24,25)23(26,27)28)37-18-15(5-4-6-16(18)32)31(17)21(33)29-19/h7-10H,2-6,11-12H2,1H3,(H,29,30,33). The molecule has 15 heteroatoms. The molecule has 2 aliphatic heterocycles. The third kappa shape index (κ3) is 5.73. The van der Waals surface area contributed by atoms with Crippen LogP contribution in [-0.4, -0.2) is 41.6 Å². The van der Waals surface area contributed by atoms with Crippen LogP contribution >= 0.6 is 23.1 Å². The molecule has 1 aliphatic carbocycles. The molecule has 0 atom stereocenters. The fourth-order valence-corrected chi connectivity index (χ4v) is 7.54. The first-order valence-corrected chi connectivity index (χ1v) is 14.8. The second-order valence-electron chi connectivity index (χ2n) is 8.80. The normalized spacial score (nSPS) is 14.6. The molecule has 1 aromatic rings. The first kappa shape index (κ1) is 28.5. The number of halogens is 5. The Morgan fingerprint density at radius 2 is 1.76 bits per heavy atom. The zero-order valence-electron chi connectivity index (χ0n) is 19.9. The number of rotatable bonds is 9. The van der Waals surface area contributed by atoms with E-state index in [-0.39, 0.29) is 40.8 Å². The number of carbonyl (C=O) groups excluding carboxylic acids is 1. The number of benzene rings is 1. The maximum atomic E-state index is 13.2. The van der Waals surface area contributed by atoms with Crippen LogP contribution in [0.15, 0.2) is 38.2 Å². The Kier molecular flexibility index (Phi) is 7.92. The van der Waals surface area contributed by atoms with E-state index in [1.54, 1.807) is 19.1 Å². The number of aryl methyl sites for hydroxylation is 1. The van der Waals surface area contributed by atoms with Gasteiger partial charge < -0.3 is 0 Å². The van der Waals surface area contributed by atoms with Crippen molar-refractivity contribution in [2.45, 2.75) is 66.7 Å². The summed E-state index contributed by atoms with van der Waals surface area (Å²) in [5, 5.41) is 0. The van der Waals surface area contributed by atoms with Gasteiger partial charge >= 0.3 is 17.8 Å². The van der Waals surface area contributed by atoms with Crippen molar-refractivity contribution in [2.75, 3.05) is 10.5 Å². The molecule has 0 saturated heterocycles. The van der Waals surface area contributed by atoms with E-state index in [0.717, 1.165) is 28.7 Å². The molecule has 38 heavy (non-hydrogen) atoms.